The molecule has 102 valence electrons. The van der Waals surface area contributed by atoms with E-state index in [-0.39, 0.29) is 11.6 Å². The number of halogens is 1. The number of carbonyl (C=O) groups is 1. The molecule has 0 aromatic heterocycles. The smallest absolute Gasteiger partial charge is 0.182 e. The Morgan fingerprint density at radius 3 is 2.85 bits per heavy atom. The minimum absolute atomic E-state index is 0.0406. The summed E-state index contributed by atoms with van der Waals surface area (Å²) >= 11 is 0. The zero-order valence-electron chi connectivity index (χ0n) is 11.2. The van der Waals surface area contributed by atoms with Crippen LogP contribution in [0.25, 0.3) is 0 Å². The molecule has 2 nitrogen and oxygen atoms in total. The van der Waals surface area contributed by atoms with Crippen molar-refractivity contribution in [2.75, 3.05) is 18.0 Å². The molecular weight excluding hydrogens is 253 g/mol. The fourth-order valence-electron chi connectivity index (χ4n) is 2.70. The van der Waals surface area contributed by atoms with E-state index in [9.17, 15) is 9.18 Å². The van der Waals surface area contributed by atoms with Crippen LogP contribution in [0.15, 0.2) is 48.5 Å². The van der Waals surface area contributed by atoms with Crippen molar-refractivity contribution in [3.8, 4) is 0 Å². The molecule has 0 bridgehead atoms. The molecule has 1 aliphatic rings. The van der Waals surface area contributed by atoms with Crippen molar-refractivity contribution < 1.29 is 9.18 Å². The first-order valence-corrected chi connectivity index (χ1v) is 6.85. The van der Waals surface area contributed by atoms with E-state index in [1.54, 1.807) is 12.1 Å². The van der Waals surface area contributed by atoms with E-state index in [2.05, 4.69) is 11.0 Å². The van der Waals surface area contributed by atoms with Crippen LogP contribution in [0.4, 0.5) is 10.1 Å². The van der Waals surface area contributed by atoms with Gasteiger partial charge < -0.3 is 4.90 Å². The molecule has 1 heterocycles. The highest BCUT2D eigenvalue weighted by molar-refractivity contribution is 5.99. The number of para-hydroxylation sites is 1. The molecule has 0 atom stereocenters. The third-order valence-corrected chi connectivity index (χ3v) is 3.69. The molecule has 0 N–H and O–H groups in total. The number of ketones is 1. The second kappa shape index (κ2) is 5.45. The summed E-state index contributed by atoms with van der Waals surface area (Å²) in [6.07, 6.45) is 2.11. The van der Waals surface area contributed by atoms with E-state index < -0.39 is 0 Å². The molecule has 0 unspecified atom stereocenters. The Hall–Kier alpha value is -2.16. The number of rotatable bonds is 3. The molecule has 20 heavy (non-hydrogen) atoms. The number of fused-ring (bicyclic) bond motifs is 1. The predicted octanol–water partition coefficient (Wildman–Crippen LogP) is 3.46. The zero-order valence-corrected chi connectivity index (χ0v) is 11.2. The van der Waals surface area contributed by atoms with Crippen LogP contribution in [0.5, 0.6) is 0 Å². The summed E-state index contributed by atoms with van der Waals surface area (Å²) < 4.78 is 13.2. The van der Waals surface area contributed by atoms with Crippen LogP contribution >= 0.6 is 0 Å². The van der Waals surface area contributed by atoms with Gasteiger partial charge in [0.25, 0.3) is 0 Å². The molecule has 3 rings (SSSR count). The molecule has 0 spiro atoms. The summed E-state index contributed by atoms with van der Waals surface area (Å²) in [6, 6.07) is 14.1. The van der Waals surface area contributed by atoms with Crippen LogP contribution in [0.1, 0.15) is 22.3 Å². The minimum Gasteiger partial charge on any atom is -0.364 e. The summed E-state index contributed by atoms with van der Waals surface area (Å²) in [5.41, 5.74) is 2.85. The lowest BCUT2D eigenvalue weighted by atomic mass is 10.0. The van der Waals surface area contributed by atoms with Crippen LogP contribution in [0.2, 0.25) is 0 Å². The summed E-state index contributed by atoms with van der Waals surface area (Å²) in [6.45, 7) is 1.18. The molecule has 0 radical (unpaired) electrons. The molecule has 0 saturated carbocycles. The van der Waals surface area contributed by atoms with Gasteiger partial charge in [-0.25, -0.2) is 4.39 Å². The quantitative estimate of drug-likeness (QED) is 0.795. The predicted molar refractivity (Wildman–Crippen MR) is 77.7 cm³/mol. The lowest BCUT2D eigenvalue weighted by molar-refractivity contribution is 0.0998. The van der Waals surface area contributed by atoms with Crippen molar-refractivity contribution in [3.63, 3.8) is 0 Å². The highest BCUT2D eigenvalue weighted by Gasteiger charge is 2.19. The molecular formula is C17H16FNO. The van der Waals surface area contributed by atoms with Gasteiger partial charge in [-0.3, -0.25) is 4.79 Å². The standard InChI is InChI=1S/C17H16FNO/c18-15-8-3-6-14(11-15)17(20)12-19-10-4-7-13-5-1-2-9-16(13)19/h1-3,5-6,8-9,11H,4,7,10,12H2. The largest absolute Gasteiger partial charge is 0.364 e. The molecule has 0 fully saturated rings. The van der Waals surface area contributed by atoms with Crippen LogP contribution in [-0.4, -0.2) is 18.9 Å². The maximum absolute atomic E-state index is 13.2. The van der Waals surface area contributed by atoms with Gasteiger partial charge in [0.1, 0.15) is 5.82 Å². The van der Waals surface area contributed by atoms with Gasteiger partial charge in [0.2, 0.25) is 0 Å². The maximum Gasteiger partial charge on any atom is 0.182 e. The third-order valence-electron chi connectivity index (χ3n) is 3.69. The topological polar surface area (TPSA) is 20.3 Å². The summed E-state index contributed by atoms with van der Waals surface area (Å²) in [5, 5.41) is 0. The Morgan fingerprint density at radius 2 is 2.00 bits per heavy atom. The maximum atomic E-state index is 13.2. The van der Waals surface area contributed by atoms with Crippen LogP contribution in [-0.2, 0) is 6.42 Å². The second-order valence-corrected chi connectivity index (χ2v) is 5.09. The van der Waals surface area contributed by atoms with Gasteiger partial charge in [0.15, 0.2) is 5.78 Å². The minimum atomic E-state index is -0.366. The number of benzene rings is 2. The van der Waals surface area contributed by atoms with Crippen molar-refractivity contribution in [2.45, 2.75) is 12.8 Å². The fraction of sp³-hybridized carbons (Fsp3) is 0.235. The van der Waals surface area contributed by atoms with E-state index in [0.29, 0.717) is 12.1 Å². The molecule has 3 heteroatoms. The average molecular weight is 269 g/mol. The average Bonchev–Trinajstić information content (AvgIpc) is 2.47. The fourth-order valence-corrected chi connectivity index (χ4v) is 2.70. The van der Waals surface area contributed by atoms with Crippen molar-refractivity contribution in [1.29, 1.82) is 0 Å². The number of hydrogen-bond donors (Lipinski definition) is 0. The molecule has 2 aromatic rings. The van der Waals surface area contributed by atoms with Gasteiger partial charge in [0, 0.05) is 17.8 Å². The van der Waals surface area contributed by atoms with Gasteiger partial charge in [0.05, 0.1) is 6.54 Å². The zero-order chi connectivity index (χ0) is 13.9. The van der Waals surface area contributed by atoms with E-state index in [1.165, 1.54) is 17.7 Å². The SMILES string of the molecule is O=C(CN1CCCc2ccccc21)c1cccc(F)c1. The van der Waals surface area contributed by atoms with E-state index >= 15 is 0 Å². The number of hydrogen-bond acceptors (Lipinski definition) is 2. The number of nitrogens with zero attached hydrogens (tertiary/aromatic N) is 1. The van der Waals surface area contributed by atoms with Gasteiger partial charge in [-0.1, -0.05) is 30.3 Å². The lowest BCUT2D eigenvalue weighted by Gasteiger charge is -2.30. The monoisotopic (exact) mass is 269 g/mol. The highest BCUT2D eigenvalue weighted by atomic mass is 19.1. The number of Topliss-reactive ketones (excluding diaryl/α,β-unsaturated/α-hetero) is 1. The van der Waals surface area contributed by atoms with Crippen LogP contribution in [0.3, 0.4) is 0 Å². The van der Waals surface area contributed by atoms with Crippen LogP contribution < -0.4 is 4.90 Å². The Balaban J connectivity index is 1.81. The van der Waals surface area contributed by atoms with E-state index in [0.717, 1.165) is 25.1 Å². The molecule has 2 aromatic carbocycles. The molecule has 0 aliphatic carbocycles. The Bertz CT molecular complexity index is 638. The first-order chi connectivity index (χ1) is 9.74. The van der Waals surface area contributed by atoms with Gasteiger partial charge >= 0.3 is 0 Å². The molecule has 0 saturated heterocycles. The number of aryl methyl sites for hydroxylation is 1. The molecule has 1 aliphatic heterocycles. The van der Waals surface area contributed by atoms with Gasteiger partial charge in [-0.05, 0) is 36.6 Å². The second-order valence-electron chi connectivity index (χ2n) is 5.09. The number of carbonyl (C=O) groups excluding carboxylic acids is 1. The normalized spacial score (nSPS) is 13.9. The summed E-state index contributed by atoms with van der Waals surface area (Å²) in [5.74, 6) is -0.406. The van der Waals surface area contributed by atoms with Gasteiger partial charge in [-0.2, -0.15) is 0 Å². The van der Waals surface area contributed by atoms with Crippen molar-refractivity contribution >= 4 is 11.5 Å². The highest BCUT2D eigenvalue weighted by Crippen LogP contribution is 2.26. The Labute approximate surface area is 117 Å². The van der Waals surface area contributed by atoms with Crippen molar-refractivity contribution in [1.82, 2.24) is 0 Å². The van der Waals surface area contributed by atoms with E-state index in [4.69, 9.17) is 0 Å². The lowest BCUT2D eigenvalue weighted by Crippen LogP contribution is -2.34. The van der Waals surface area contributed by atoms with Crippen LogP contribution in [0, 0.1) is 5.82 Å². The Kier molecular flexibility index (Phi) is 3.50. The van der Waals surface area contributed by atoms with Gasteiger partial charge in [-0.15, -0.1) is 0 Å². The van der Waals surface area contributed by atoms with Crippen molar-refractivity contribution in [2.24, 2.45) is 0 Å². The first-order valence-electron chi connectivity index (χ1n) is 6.85. The Morgan fingerprint density at radius 1 is 1.15 bits per heavy atom. The first kappa shape index (κ1) is 12.9. The summed E-state index contributed by atoms with van der Waals surface area (Å²) in [4.78, 5) is 14.4. The van der Waals surface area contributed by atoms with Crippen molar-refractivity contribution in [3.05, 3.63) is 65.5 Å². The molecule has 0 amide bonds. The number of anilines is 1. The third kappa shape index (κ3) is 2.57. The summed E-state index contributed by atoms with van der Waals surface area (Å²) in [7, 11) is 0. The van der Waals surface area contributed by atoms with E-state index in [1.807, 2.05) is 18.2 Å².